The van der Waals surface area contributed by atoms with E-state index in [-0.39, 0.29) is 11.7 Å². The smallest absolute Gasteiger partial charge is 0.311 e. The van der Waals surface area contributed by atoms with Gasteiger partial charge in [0.2, 0.25) is 0 Å². The van der Waals surface area contributed by atoms with E-state index in [0.29, 0.717) is 44.4 Å². The van der Waals surface area contributed by atoms with Crippen LogP contribution < -0.4 is 0 Å². The number of halogens is 1. The number of carbonyl (C=O) groups is 1. The molecule has 0 spiro atoms. The number of hydrogen-bond acceptors (Lipinski definition) is 5. The van der Waals surface area contributed by atoms with E-state index < -0.39 is 11.4 Å². The van der Waals surface area contributed by atoms with Crippen molar-refractivity contribution in [2.24, 2.45) is 11.3 Å². The molecule has 0 bridgehead atoms. The molecule has 3 aliphatic rings. The third-order valence-corrected chi connectivity index (χ3v) is 8.77. The molecular weight excluding hydrogens is 459 g/mol. The Morgan fingerprint density at radius 3 is 2.64 bits per heavy atom. The summed E-state index contributed by atoms with van der Waals surface area (Å²) in [5, 5.41) is 14.5. The van der Waals surface area contributed by atoms with Crippen molar-refractivity contribution in [2.75, 3.05) is 52.5 Å². The molecule has 1 aromatic heterocycles. The van der Waals surface area contributed by atoms with E-state index in [0.717, 1.165) is 57.7 Å². The molecule has 36 heavy (non-hydrogen) atoms. The lowest BCUT2D eigenvalue weighted by molar-refractivity contribution is -0.156. The van der Waals surface area contributed by atoms with Gasteiger partial charge in [-0.15, -0.1) is 0 Å². The highest BCUT2D eigenvalue weighted by Crippen LogP contribution is 2.39. The summed E-state index contributed by atoms with van der Waals surface area (Å²) in [6.07, 6.45) is 5.25. The Morgan fingerprint density at radius 2 is 1.94 bits per heavy atom. The molecule has 2 atom stereocenters. The number of aliphatic carboxylic acids is 1. The van der Waals surface area contributed by atoms with E-state index in [4.69, 9.17) is 4.74 Å². The van der Waals surface area contributed by atoms with Crippen molar-refractivity contribution in [3.63, 3.8) is 0 Å². The van der Waals surface area contributed by atoms with Crippen LogP contribution in [0.2, 0.25) is 0 Å². The van der Waals surface area contributed by atoms with E-state index in [9.17, 15) is 14.3 Å². The number of aromatic nitrogens is 2. The molecule has 3 fully saturated rings. The fraction of sp³-hybridized carbons (Fsp3) is 0.643. The zero-order valence-electron chi connectivity index (χ0n) is 21.3. The van der Waals surface area contributed by atoms with Crippen molar-refractivity contribution >= 4 is 5.97 Å². The number of carboxylic acids is 1. The van der Waals surface area contributed by atoms with Gasteiger partial charge in [0.1, 0.15) is 5.82 Å². The Bertz CT molecular complexity index is 1030. The van der Waals surface area contributed by atoms with E-state index in [1.807, 2.05) is 12.3 Å². The summed E-state index contributed by atoms with van der Waals surface area (Å²) in [6.45, 7) is 9.25. The Morgan fingerprint density at radius 1 is 1.17 bits per heavy atom. The summed E-state index contributed by atoms with van der Waals surface area (Å²) in [7, 11) is 0. The van der Waals surface area contributed by atoms with Gasteiger partial charge >= 0.3 is 5.97 Å². The minimum Gasteiger partial charge on any atom is -0.481 e. The number of likely N-dealkylation sites (tertiary alicyclic amines) is 2. The summed E-state index contributed by atoms with van der Waals surface area (Å²) in [5.74, 6) is 0.169. The highest BCUT2D eigenvalue weighted by molar-refractivity contribution is 5.75. The Balaban J connectivity index is 1.27. The van der Waals surface area contributed by atoms with E-state index >= 15 is 0 Å². The molecule has 0 radical (unpaired) electrons. The molecule has 4 heterocycles. The average Bonchev–Trinajstić information content (AvgIpc) is 3.52. The van der Waals surface area contributed by atoms with E-state index in [1.54, 1.807) is 12.1 Å². The molecule has 8 heteroatoms. The van der Waals surface area contributed by atoms with Gasteiger partial charge in [0, 0.05) is 69.7 Å². The number of piperidine rings is 1. The molecule has 3 saturated heterocycles. The second-order valence-corrected chi connectivity index (χ2v) is 11.0. The molecule has 0 amide bonds. The predicted molar refractivity (Wildman–Crippen MR) is 136 cm³/mol. The maximum atomic E-state index is 14.2. The number of ether oxygens (including phenoxy) is 1. The van der Waals surface area contributed by atoms with Gasteiger partial charge < -0.3 is 19.6 Å². The first-order valence-corrected chi connectivity index (χ1v) is 13.5. The fourth-order valence-corrected chi connectivity index (χ4v) is 6.72. The molecule has 1 aromatic carbocycles. The molecule has 196 valence electrons. The number of rotatable bonds is 8. The van der Waals surface area contributed by atoms with E-state index in [2.05, 4.69) is 32.6 Å². The Kier molecular flexibility index (Phi) is 7.74. The van der Waals surface area contributed by atoms with Crippen LogP contribution in [-0.4, -0.2) is 83.1 Å². The van der Waals surface area contributed by atoms with Crippen LogP contribution in [0.5, 0.6) is 0 Å². The molecule has 0 unspecified atom stereocenters. The lowest BCUT2D eigenvalue weighted by Crippen LogP contribution is -2.46. The maximum absolute atomic E-state index is 14.2. The van der Waals surface area contributed by atoms with Crippen LogP contribution in [0.3, 0.4) is 0 Å². The number of hydrogen-bond donors (Lipinski definition) is 1. The third-order valence-electron chi connectivity index (χ3n) is 8.77. The molecule has 0 aliphatic carbocycles. The SMILES string of the molecule is CCn1nccc1C1CCN(C[C@H]2CN(CC3(C(=O)O)CCOCC3)C[C@@H]2c2cccc(F)c2)CC1. The second-order valence-electron chi connectivity index (χ2n) is 11.0. The zero-order chi connectivity index (χ0) is 25.1. The van der Waals surface area contributed by atoms with Gasteiger partial charge in [-0.05, 0) is 75.4 Å². The number of nitrogens with zero attached hydrogens (tertiary/aromatic N) is 4. The standard InChI is InChI=1S/C28H39FN4O3/c1-2-33-26(6-11-30-33)21-7-12-31(13-8-21)17-23-18-32(19-25(23)22-4-3-5-24(29)16-22)20-28(27(34)35)9-14-36-15-10-28/h3-6,11,16,21,23,25H,2,7-10,12-15,17-20H2,1H3,(H,34,35)/t23-,25+/m0/s1. The lowest BCUT2D eigenvalue weighted by atomic mass is 9.80. The minimum atomic E-state index is -0.750. The summed E-state index contributed by atoms with van der Waals surface area (Å²) in [4.78, 5) is 17.2. The van der Waals surface area contributed by atoms with Crippen LogP contribution in [0, 0.1) is 17.2 Å². The van der Waals surface area contributed by atoms with Gasteiger partial charge in [0.25, 0.3) is 0 Å². The predicted octanol–water partition coefficient (Wildman–Crippen LogP) is 3.82. The maximum Gasteiger partial charge on any atom is 0.311 e. The molecule has 1 N–H and O–H groups in total. The van der Waals surface area contributed by atoms with Gasteiger partial charge in [-0.2, -0.15) is 5.10 Å². The summed E-state index contributed by atoms with van der Waals surface area (Å²) in [5.41, 5.74) is 1.62. The first-order chi connectivity index (χ1) is 17.5. The molecule has 5 rings (SSSR count). The quantitative estimate of drug-likeness (QED) is 0.597. The second kappa shape index (κ2) is 11.0. The number of carboxylic acid groups (broad SMARTS) is 1. The van der Waals surface area contributed by atoms with Crippen LogP contribution in [0.25, 0.3) is 0 Å². The van der Waals surface area contributed by atoms with Crippen LogP contribution in [-0.2, 0) is 16.1 Å². The van der Waals surface area contributed by atoms with Gasteiger partial charge in [-0.3, -0.25) is 9.48 Å². The molecule has 2 aromatic rings. The van der Waals surface area contributed by atoms with Crippen molar-refractivity contribution < 1.29 is 19.0 Å². The van der Waals surface area contributed by atoms with Crippen LogP contribution in [0.15, 0.2) is 36.5 Å². The van der Waals surface area contributed by atoms with Crippen molar-refractivity contribution in [2.45, 2.75) is 51.0 Å². The fourth-order valence-electron chi connectivity index (χ4n) is 6.72. The molecule has 7 nitrogen and oxygen atoms in total. The lowest BCUT2D eigenvalue weighted by Gasteiger charge is -2.36. The van der Waals surface area contributed by atoms with Crippen molar-refractivity contribution in [1.29, 1.82) is 0 Å². The van der Waals surface area contributed by atoms with Crippen LogP contribution >= 0.6 is 0 Å². The first kappa shape index (κ1) is 25.4. The summed E-state index contributed by atoms with van der Waals surface area (Å²) in [6, 6.07) is 9.15. The normalized spacial score (nSPS) is 25.8. The van der Waals surface area contributed by atoms with E-state index in [1.165, 1.54) is 11.8 Å². The van der Waals surface area contributed by atoms with Gasteiger partial charge in [0.15, 0.2) is 0 Å². The summed E-state index contributed by atoms with van der Waals surface area (Å²) < 4.78 is 21.8. The Labute approximate surface area is 213 Å². The number of aryl methyl sites for hydroxylation is 1. The zero-order valence-corrected chi connectivity index (χ0v) is 21.3. The third kappa shape index (κ3) is 5.36. The summed E-state index contributed by atoms with van der Waals surface area (Å²) >= 11 is 0. The minimum absolute atomic E-state index is 0.200. The van der Waals surface area contributed by atoms with Gasteiger partial charge in [-0.1, -0.05) is 12.1 Å². The monoisotopic (exact) mass is 498 g/mol. The molecular formula is C28H39FN4O3. The average molecular weight is 499 g/mol. The van der Waals surface area contributed by atoms with Gasteiger partial charge in [0.05, 0.1) is 5.41 Å². The highest BCUT2D eigenvalue weighted by atomic mass is 19.1. The molecule has 3 aliphatic heterocycles. The van der Waals surface area contributed by atoms with Crippen molar-refractivity contribution in [3.05, 3.63) is 53.6 Å². The highest BCUT2D eigenvalue weighted by Gasteiger charge is 2.45. The first-order valence-electron chi connectivity index (χ1n) is 13.5. The topological polar surface area (TPSA) is 70.8 Å². The van der Waals surface area contributed by atoms with Crippen LogP contribution in [0.4, 0.5) is 4.39 Å². The number of benzene rings is 1. The largest absolute Gasteiger partial charge is 0.481 e. The van der Waals surface area contributed by atoms with Crippen molar-refractivity contribution in [1.82, 2.24) is 19.6 Å². The molecule has 0 saturated carbocycles. The Hall–Kier alpha value is -2.29. The van der Waals surface area contributed by atoms with Gasteiger partial charge in [-0.25, -0.2) is 4.39 Å². The van der Waals surface area contributed by atoms with Crippen LogP contribution in [0.1, 0.15) is 55.7 Å². The van der Waals surface area contributed by atoms with Crippen molar-refractivity contribution in [3.8, 4) is 0 Å².